The van der Waals surface area contributed by atoms with Crippen LogP contribution in [0.1, 0.15) is 21.3 Å². The molecule has 2 nitrogen and oxygen atoms in total. The summed E-state index contributed by atoms with van der Waals surface area (Å²) in [5.41, 5.74) is 0.556. The Bertz CT molecular complexity index is 629. The van der Waals surface area contributed by atoms with Crippen molar-refractivity contribution < 1.29 is 22.7 Å². The zero-order valence-corrected chi connectivity index (χ0v) is 11.4. The van der Waals surface area contributed by atoms with Crippen LogP contribution in [-0.4, -0.2) is 12.4 Å². The number of carbonyl (C=O) groups excluding carboxylic acids is 1. The van der Waals surface area contributed by atoms with Gasteiger partial charge in [0.2, 0.25) is 0 Å². The highest BCUT2D eigenvalue weighted by molar-refractivity contribution is 6.33. The van der Waals surface area contributed by atoms with Crippen LogP contribution in [0.3, 0.4) is 0 Å². The molecule has 0 aliphatic carbocycles. The Morgan fingerprint density at radius 3 is 2.38 bits per heavy atom. The lowest BCUT2D eigenvalue weighted by Gasteiger charge is -2.10. The predicted molar refractivity (Wildman–Crippen MR) is 72.4 cm³/mol. The number of hydrogen-bond acceptors (Lipinski definition) is 2. The molecule has 2 rings (SSSR count). The highest BCUT2D eigenvalue weighted by Crippen LogP contribution is 2.27. The Morgan fingerprint density at radius 1 is 1.10 bits per heavy atom. The van der Waals surface area contributed by atoms with E-state index in [-0.39, 0.29) is 11.3 Å². The first-order valence-electron chi connectivity index (χ1n) is 5.96. The summed E-state index contributed by atoms with van der Waals surface area (Å²) in [5.74, 6) is -1.05. The number of halogens is 4. The summed E-state index contributed by atoms with van der Waals surface area (Å²) in [4.78, 5) is 12.2. The molecule has 2 aromatic carbocycles. The molecule has 0 radical (unpaired) electrons. The Labute approximate surface area is 124 Å². The molecular formula is C15H10ClF3O2. The predicted octanol–water partition coefficient (Wildman–Crippen LogP) is 4.59. The van der Waals surface area contributed by atoms with Gasteiger partial charge in [-0.3, -0.25) is 4.79 Å². The summed E-state index contributed by atoms with van der Waals surface area (Å²) in [6.45, 7) is -2.97. The third-order valence-electron chi connectivity index (χ3n) is 2.74. The number of carbonyl (C=O) groups is 1. The van der Waals surface area contributed by atoms with E-state index in [1.165, 1.54) is 48.5 Å². The number of rotatable bonds is 5. The highest BCUT2D eigenvalue weighted by atomic mass is 35.5. The molecule has 2 aromatic rings. The fourth-order valence-corrected chi connectivity index (χ4v) is 2.03. The lowest BCUT2D eigenvalue weighted by molar-refractivity contribution is -0.0498. The summed E-state index contributed by atoms with van der Waals surface area (Å²) < 4.78 is 41.4. The number of Topliss-reactive ketones (excluding diaryl/α,β-unsaturated/α-hetero) is 1. The largest absolute Gasteiger partial charge is 0.435 e. The average molecular weight is 315 g/mol. The van der Waals surface area contributed by atoms with E-state index in [1.807, 2.05) is 0 Å². The van der Waals surface area contributed by atoms with Gasteiger partial charge >= 0.3 is 6.61 Å². The van der Waals surface area contributed by atoms with Gasteiger partial charge in [-0.25, -0.2) is 4.39 Å². The van der Waals surface area contributed by atoms with Gasteiger partial charge in [-0.1, -0.05) is 24.3 Å². The van der Waals surface area contributed by atoms with Crippen molar-refractivity contribution in [2.45, 2.75) is 12.0 Å². The van der Waals surface area contributed by atoms with Crippen LogP contribution in [-0.2, 0) is 0 Å². The van der Waals surface area contributed by atoms with E-state index in [9.17, 15) is 18.0 Å². The van der Waals surface area contributed by atoms with Crippen LogP contribution in [0.15, 0.2) is 48.5 Å². The summed E-state index contributed by atoms with van der Waals surface area (Å²) in [6, 6.07) is 10.5. The van der Waals surface area contributed by atoms with Gasteiger partial charge in [0.25, 0.3) is 0 Å². The van der Waals surface area contributed by atoms with E-state index < -0.39 is 23.6 Å². The monoisotopic (exact) mass is 314 g/mol. The number of hydrogen-bond donors (Lipinski definition) is 0. The van der Waals surface area contributed by atoms with Crippen molar-refractivity contribution >= 4 is 17.4 Å². The highest BCUT2D eigenvalue weighted by Gasteiger charge is 2.20. The first-order valence-corrected chi connectivity index (χ1v) is 6.39. The van der Waals surface area contributed by atoms with E-state index in [4.69, 9.17) is 11.6 Å². The molecule has 1 unspecified atom stereocenters. The average Bonchev–Trinajstić information content (AvgIpc) is 2.46. The van der Waals surface area contributed by atoms with Gasteiger partial charge < -0.3 is 4.74 Å². The molecule has 0 fully saturated rings. The number of alkyl halides is 3. The molecule has 0 bridgehead atoms. The number of ketones is 1. The Kier molecular flexibility index (Phi) is 4.85. The molecule has 110 valence electrons. The molecule has 0 aromatic heterocycles. The van der Waals surface area contributed by atoms with Crippen molar-refractivity contribution in [3.05, 3.63) is 65.5 Å². The maximum atomic E-state index is 12.8. The standard InChI is InChI=1S/C15H10ClF3O2/c16-13(9-4-6-11(17)7-5-9)14(20)10-2-1-3-12(8-10)21-15(18)19/h1-8,13,15H. The van der Waals surface area contributed by atoms with Gasteiger partial charge in [-0.15, -0.1) is 11.6 Å². The minimum Gasteiger partial charge on any atom is -0.435 e. The minimum absolute atomic E-state index is 0.126. The molecule has 0 spiro atoms. The fourth-order valence-electron chi connectivity index (χ4n) is 1.75. The van der Waals surface area contributed by atoms with Gasteiger partial charge in [-0.2, -0.15) is 8.78 Å². The third-order valence-corrected chi connectivity index (χ3v) is 3.19. The van der Waals surface area contributed by atoms with E-state index >= 15 is 0 Å². The smallest absolute Gasteiger partial charge is 0.387 e. The summed E-state index contributed by atoms with van der Waals surface area (Å²) in [6.07, 6.45) is 0. The summed E-state index contributed by atoms with van der Waals surface area (Å²) in [7, 11) is 0. The van der Waals surface area contributed by atoms with E-state index in [0.29, 0.717) is 5.56 Å². The molecule has 6 heteroatoms. The van der Waals surface area contributed by atoms with Gasteiger partial charge in [0.1, 0.15) is 16.9 Å². The molecule has 21 heavy (non-hydrogen) atoms. The second-order valence-corrected chi connectivity index (χ2v) is 4.62. The SMILES string of the molecule is O=C(c1cccc(OC(F)F)c1)C(Cl)c1ccc(F)cc1. The number of ether oxygens (including phenoxy) is 1. The molecule has 0 saturated carbocycles. The minimum atomic E-state index is -2.97. The summed E-state index contributed by atoms with van der Waals surface area (Å²) in [5, 5.41) is -1.03. The van der Waals surface area contributed by atoms with Gasteiger partial charge in [-0.05, 0) is 29.8 Å². The second-order valence-electron chi connectivity index (χ2n) is 4.18. The zero-order chi connectivity index (χ0) is 15.4. The van der Waals surface area contributed by atoms with E-state index in [2.05, 4.69) is 4.74 Å². The van der Waals surface area contributed by atoms with Gasteiger partial charge in [0.05, 0.1) is 0 Å². The van der Waals surface area contributed by atoms with E-state index in [0.717, 1.165) is 0 Å². The van der Waals surface area contributed by atoms with Crippen molar-refractivity contribution in [3.8, 4) is 5.75 Å². The Balaban J connectivity index is 2.21. The van der Waals surface area contributed by atoms with Crippen LogP contribution in [0.5, 0.6) is 5.75 Å². The Hall–Kier alpha value is -2.01. The van der Waals surface area contributed by atoms with E-state index in [1.54, 1.807) is 0 Å². The quantitative estimate of drug-likeness (QED) is 0.596. The van der Waals surface area contributed by atoms with Gasteiger partial charge in [0, 0.05) is 5.56 Å². The van der Waals surface area contributed by atoms with Crippen molar-refractivity contribution in [2.24, 2.45) is 0 Å². The molecule has 0 N–H and O–H groups in total. The fraction of sp³-hybridized carbons (Fsp3) is 0.133. The lowest BCUT2D eigenvalue weighted by atomic mass is 10.0. The van der Waals surface area contributed by atoms with Crippen molar-refractivity contribution in [1.82, 2.24) is 0 Å². The first-order chi connectivity index (χ1) is 9.97. The molecule has 0 heterocycles. The molecule has 0 aliphatic heterocycles. The van der Waals surface area contributed by atoms with Crippen LogP contribution in [0.2, 0.25) is 0 Å². The molecule has 0 saturated heterocycles. The zero-order valence-electron chi connectivity index (χ0n) is 10.6. The normalized spacial score (nSPS) is 12.2. The van der Waals surface area contributed by atoms with Crippen molar-refractivity contribution in [3.63, 3.8) is 0 Å². The van der Waals surface area contributed by atoms with Crippen LogP contribution < -0.4 is 4.74 Å². The van der Waals surface area contributed by atoms with Crippen molar-refractivity contribution in [1.29, 1.82) is 0 Å². The second kappa shape index (κ2) is 6.63. The molecule has 0 aliphatic rings. The summed E-state index contributed by atoms with van der Waals surface area (Å²) >= 11 is 6.04. The van der Waals surface area contributed by atoms with Crippen LogP contribution >= 0.6 is 11.6 Å². The topological polar surface area (TPSA) is 26.3 Å². The third kappa shape index (κ3) is 3.98. The van der Waals surface area contributed by atoms with Gasteiger partial charge in [0.15, 0.2) is 5.78 Å². The lowest BCUT2D eigenvalue weighted by Crippen LogP contribution is -2.08. The molecule has 0 amide bonds. The number of benzene rings is 2. The van der Waals surface area contributed by atoms with Crippen LogP contribution in [0, 0.1) is 5.82 Å². The maximum absolute atomic E-state index is 12.8. The molecular weight excluding hydrogens is 305 g/mol. The Morgan fingerprint density at radius 2 is 1.76 bits per heavy atom. The van der Waals surface area contributed by atoms with Crippen LogP contribution in [0.25, 0.3) is 0 Å². The molecule has 1 atom stereocenters. The first kappa shape index (κ1) is 15.4. The van der Waals surface area contributed by atoms with Crippen LogP contribution in [0.4, 0.5) is 13.2 Å². The van der Waals surface area contributed by atoms with Crippen molar-refractivity contribution in [2.75, 3.05) is 0 Å². The maximum Gasteiger partial charge on any atom is 0.387 e.